The van der Waals surface area contributed by atoms with Gasteiger partial charge in [0.2, 0.25) is 5.91 Å². The second kappa shape index (κ2) is 5.63. The van der Waals surface area contributed by atoms with E-state index in [1.807, 2.05) is 0 Å². The summed E-state index contributed by atoms with van der Waals surface area (Å²) in [6.45, 7) is 0.825. The number of nitrogen functional groups attached to an aromatic ring is 1. The SMILES string of the molecule is Nc1ccc(NC(=O)CCC2CCCO2)nc1. The van der Waals surface area contributed by atoms with Gasteiger partial charge < -0.3 is 15.8 Å². The summed E-state index contributed by atoms with van der Waals surface area (Å²) < 4.78 is 5.46. The molecule has 1 unspecified atom stereocenters. The van der Waals surface area contributed by atoms with Gasteiger partial charge in [-0.1, -0.05) is 0 Å². The highest BCUT2D eigenvalue weighted by Crippen LogP contribution is 2.17. The minimum absolute atomic E-state index is 0.0298. The summed E-state index contributed by atoms with van der Waals surface area (Å²) in [5.41, 5.74) is 6.09. The number of nitrogens with two attached hydrogens (primary N) is 1. The average molecular weight is 235 g/mol. The number of carbonyl (C=O) groups is 1. The van der Waals surface area contributed by atoms with Crippen molar-refractivity contribution < 1.29 is 9.53 Å². The van der Waals surface area contributed by atoms with Crippen LogP contribution in [0.25, 0.3) is 0 Å². The zero-order valence-corrected chi connectivity index (χ0v) is 9.69. The van der Waals surface area contributed by atoms with E-state index >= 15 is 0 Å². The van der Waals surface area contributed by atoms with Crippen molar-refractivity contribution >= 4 is 17.4 Å². The van der Waals surface area contributed by atoms with Crippen molar-refractivity contribution in [2.24, 2.45) is 0 Å². The van der Waals surface area contributed by atoms with Crippen LogP contribution in [0.3, 0.4) is 0 Å². The molecule has 17 heavy (non-hydrogen) atoms. The summed E-state index contributed by atoms with van der Waals surface area (Å²) >= 11 is 0. The lowest BCUT2D eigenvalue weighted by atomic mass is 10.1. The molecular formula is C12H17N3O2. The monoisotopic (exact) mass is 235 g/mol. The molecule has 1 aliphatic heterocycles. The highest BCUT2D eigenvalue weighted by Gasteiger charge is 2.16. The Balaban J connectivity index is 1.74. The van der Waals surface area contributed by atoms with Crippen LogP contribution in [0.4, 0.5) is 11.5 Å². The van der Waals surface area contributed by atoms with E-state index in [4.69, 9.17) is 10.5 Å². The van der Waals surface area contributed by atoms with Gasteiger partial charge in [0.25, 0.3) is 0 Å². The largest absolute Gasteiger partial charge is 0.397 e. The van der Waals surface area contributed by atoms with Gasteiger partial charge in [-0.3, -0.25) is 4.79 Å². The second-order valence-corrected chi connectivity index (χ2v) is 4.20. The van der Waals surface area contributed by atoms with Gasteiger partial charge in [-0.2, -0.15) is 0 Å². The van der Waals surface area contributed by atoms with Gasteiger partial charge in [0, 0.05) is 13.0 Å². The number of carbonyl (C=O) groups excluding carboxylic acids is 1. The van der Waals surface area contributed by atoms with E-state index in [0.717, 1.165) is 25.9 Å². The number of aromatic nitrogens is 1. The van der Waals surface area contributed by atoms with E-state index in [1.54, 1.807) is 12.1 Å². The Kier molecular flexibility index (Phi) is 3.93. The average Bonchev–Trinajstić information content (AvgIpc) is 2.83. The first-order valence-electron chi connectivity index (χ1n) is 5.87. The van der Waals surface area contributed by atoms with Crippen LogP contribution in [-0.4, -0.2) is 23.6 Å². The third-order valence-corrected chi connectivity index (χ3v) is 2.77. The van der Waals surface area contributed by atoms with E-state index in [0.29, 0.717) is 17.9 Å². The zero-order valence-electron chi connectivity index (χ0n) is 9.69. The lowest BCUT2D eigenvalue weighted by Gasteiger charge is -2.08. The number of hydrogen-bond acceptors (Lipinski definition) is 4. The highest BCUT2D eigenvalue weighted by atomic mass is 16.5. The van der Waals surface area contributed by atoms with E-state index < -0.39 is 0 Å². The number of hydrogen-bond donors (Lipinski definition) is 2. The third kappa shape index (κ3) is 3.71. The lowest BCUT2D eigenvalue weighted by Crippen LogP contribution is -2.15. The molecule has 2 heterocycles. The Labute approximate surface area is 100 Å². The minimum Gasteiger partial charge on any atom is -0.397 e. The van der Waals surface area contributed by atoms with Crippen molar-refractivity contribution in [3.63, 3.8) is 0 Å². The number of rotatable bonds is 4. The van der Waals surface area contributed by atoms with Crippen molar-refractivity contribution in [2.45, 2.75) is 31.8 Å². The van der Waals surface area contributed by atoms with Crippen LogP contribution in [0.1, 0.15) is 25.7 Å². The molecule has 1 aromatic heterocycles. The molecule has 0 bridgehead atoms. The number of ether oxygens (including phenoxy) is 1. The van der Waals surface area contributed by atoms with Crippen LogP contribution in [0.15, 0.2) is 18.3 Å². The topological polar surface area (TPSA) is 77.2 Å². The number of pyridine rings is 1. The Morgan fingerprint density at radius 3 is 3.12 bits per heavy atom. The molecule has 0 aromatic carbocycles. The van der Waals surface area contributed by atoms with Crippen LogP contribution in [0.5, 0.6) is 0 Å². The predicted octanol–water partition coefficient (Wildman–Crippen LogP) is 1.56. The number of amides is 1. The van der Waals surface area contributed by atoms with Gasteiger partial charge >= 0.3 is 0 Å². The number of anilines is 2. The van der Waals surface area contributed by atoms with Crippen LogP contribution in [0.2, 0.25) is 0 Å². The first-order valence-corrected chi connectivity index (χ1v) is 5.87. The summed E-state index contributed by atoms with van der Waals surface area (Å²) in [5.74, 6) is 0.509. The molecule has 1 saturated heterocycles. The van der Waals surface area contributed by atoms with Gasteiger partial charge in [0.05, 0.1) is 18.0 Å². The fraction of sp³-hybridized carbons (Fsp3) is 0.500. The second-order valence-electron chi connectivity index (χ2n) is 4.20. The molecule has 1 atom stereocenters. The van der Waals surface area contributed by atoms with Crippen LogP contribution >= 0.6 is 0 Å². The fourth-order valence-electron chi connectivity index (χ4n) is 1.85. The maximum atomic E-state index is 11.6. The van der Waals surface area contributed by atoms with Gasteiger partial charge in [-0.05, 0) is 31.4 Å². The van der Waals surface area contributed by atoms with E-state index in [-0.39, 0.29) is 12.0 Å². The molecule has 3 N–H and O–H groups in total. The van der Waals surface area contributed by atoms with E-state index in [9.17, 15) is 4.79 Å². The first-order chi connectivity index (χ1) is 8.24. The lowest BCUT2D eigenvalue weighted by molar-refractivity contribution is -0.116. The molecule has 0 saturated carbocycles. The molecule has 0 spiro atoms. The van der Waals surface area contributed by atoms with Gasteiger partial charge in [-0.15, -0.1) is 0 Å². The van der Waals surface area contributed by atoms with Crippen molar-refractivity contribution in [2.75, 3.05) is 17.7 Å². The molecule has 92 valence electrons. The van der Waals surface area contributed by atoms with Crippen molar-refractivity contribution in [3.8, 4) is 0 Å². The van der Waals surface area contributed by atoms with Crippen molar-refractivity contribution in [1.82, 2.24) is 4.98 Å². The molecule has 1 fully saturated rings. The smallest absolute Gasteiger partial charge is 0.225 e. The Bertz CT molecular complexity index is 372. The zero-order chi connectivity index (χ0) is 12.1. The van der Waals surface area contributed by atoms with E-state index in [1.165, 1.54) is 6.20 Å². The Morgan fingerprint density at radius 1 is 1.59 bits per heavy atom. The fourth-order valence-corrected chi connectivity index (χ4v) is 1.85. The molecule has 5 nitrogen and oxygen atoms in total. The van der Waals surface area contributed by atoms with Gasteiger partial charge in [0.1, 0.15) is 5.82 Å². The van der Waals surface area contributed by atoms with E-state index in [2.05, 4.69) is 10.3 Å². The molecule has 0 aliphatic carbocycles. The summed E-state index contributed by atoms with van der Waals surface area (Å²) in [6, 6.07) is 3.40. The van der Waals surface area contributed by atoms with Crippen LogP contribution < -0.4 is 11.1 Å². The summed E-state index contributed by atoms with van der Waals surface area (Å²) in [4.78, 5) is 15.6. The molecule has 2 rings (SSSR count). The molecule has 1 aromatic rings. The maximum Gasteiger partial charge on any atom is 0.225 e. The molecule has 5 heteroatoms. The van der Waals surface area contributed by atoms with Gasteiger partial charge in [-0.25, -0.2) is 4.98 Å². The maximum absolute atomic E-state index is 11.6. The predicted molar refractivity (Wildman–Crippen MR) is 65.5 cm³/mol. The van der Waals surface area contributed by atoms with Crippen LogP contribution in [-0.2, 0) is 9.53 Å². The number of nitrogens with zero attached hydrogens (tertiary/aromatic N) is 1. The third-order valence-electron chi connectivity index (χ3n) is 2.77. The van der Waals surface area contributed by atoms with Crippen molar-refractivity contribution in [1.29, 1.82) is 0 Å². The van der Waals surface area contributed by atoms with Gasteiger partial charge in [0.15, 0.2) is 0 Å². The molecule has 0 radical (unpaired) electrons. The molecule has 1 aliphatic rings. The summed E-state index contributed by atoms with van der Waals surface area (Å²) in [7, 11) is 0. The summed E-state index contributed by atoms with van der Waals surface area (Å²) in [6.07, 6.45) is 5.19. The quantitative estimate of drug-likeness (QED) is 0.830. The first kappa shape index (κ1) is 11.9. The van der Waals surface area contributed by atoms with Crippen LogP contribution in [0, 0.1) is 0 Å². The highest BCUT2D eigenvalue weighted by molar-refractivity contribution is 5.89. The van der Waals surface area contributed by atoms with Crippen molar-refractivity contribution in [3.05, 3.63) is 18.3 Å². The minimum atomic E-state index is -0.0298. The molecular weight excluding hydrogens is 218 g/mol. The Morgan fingerprint density at radius 2 is 2.47 bits per heavy atom. The Hall–Kier alpha value is -1.62. The summed E-state index contributed by atoms with van der Waals surface area (Å²) in [5, 5.41) is 2.73. The molecule has 1 amide bonds. The normalized spacial score (nSPS) is 19.2. The standard InChI is InChI=1S/C12H17N3O2/c13-9-3-5-11(14-8-9)15-12(16)6-4-10-2-1-7-17-10/h3,5,8,10H,1-2,4,6-7,13H2,(H,14,15,16). The number of nitrogens with one attached hydrogen (secondary N) is 1.